The first-order valence-corrected chi connectivity index (χ1v) is 7.47. The summed E-state index contributed by atoms with van der Waals surface area (Å²) in [5, 5.41) is 5.38. The summed E-state index contributed by atoms with van der Waals surface area (Å²) in [6, 6.07) is 4.16. The molecule has 2 aromatic rings. The van der Waals surface area contributed by atoms with Crippen LogP contribution in [-0.4, -0.2) is 16.5 Å². The van der Waals surface area contributed by atoms with Crippen molar-refractivity contribution in [2.75, 3.05) is 11.9 Å². The second kappa shape index (κ2) is 5.29. The summed E-state index contributed by atoms with van der Waals surface area (Å²) in [6.07, 6.45) is 0. The van der Waals surface area contributed by atoms with E-state index in [1.54, 1.807) is 11.3 Å². The summed E-state index contributed by atoms with van der Waals surface area (Å²) < 4.78 is 0. The van der Waals surface area contributed by atoms with Crippen LogP contribution in [0.25, 0.3) is 10.7 Å². The normalized spacial score (nSPS) is 11.6. The fourth-order valence-electron chi connectivity index (χ4n) is 1.81. The van der Waals surface area contributed by atoms with Gasteiger partial charge in [0.15, 0.2) is 5.82 Å². The lowest BCUT2D eigenvalue weighted by Crippen LogP contribution is -2.15. The van der Waals surface area contributed by atoms with Gasteiger partial charge in [0, 0.05) is 18.0 Å². The summed E-state index contributed by atoms with van der Waals surface area (Å²) in [7, 11) is 0. The fourth-order valence-corrected chi connectivity index (χ4v) is 2.67. The van der Waals surface area contributed by atoms with E-state index >= 15 is 0 Å². The van der Waals surface area contributed by atoms with Crippen molar-refractivity contribution < 1.29 is 0 Å². The minimum atomic E-state index is 0.0209. The molecule has 0 saturated carbocycles. The average Bonchev–Trinajstić information content (AvgIpc) is 2.74. The minimum Gasteiger partial charge on any atom is -0.370 e. The van der Waals surface area contributed by atoms with Gasteiger partial charge >= 0.3 is 0 Å². The van der Waals surface area contributed by atoms with E-state index in [0.717, 1.165) is 28.8 Å². The molecule has 0 saturated heterocycles. The van der Waals surface area contributed by atoms with E-state index in [9.17, 15) is 0 Å². The summed E-state index contributed by atoms with van der Waals surface area (Å²) in [4.78, 5) is 10.5. The molecule has 0 amide bonds. The molecular formula is C15H21N3S. The molecule has 0 aliphatic heterocycles. The van der Waals surface area contributed by atoms with E-state index in [2.05, 4.69) is 62.4 Å². The predicted octanol–water partition coefficient (Wildman–Crippen LogP) is 4.24. The lowest BCUT2D eigenvalue weighted by molar-refractivity contribution is 0.568. The molecule has 0 spiro atoms. The van der Waals surface area contributed by atoms with Crippen LogP contribution in [0.2, 0.25) is 0 Å². The largest absolute Gasteiger partial charge is 0.370 e. The standard InChI is InChI=1S/C15H21N3S/c1-6-16-12-9-11(15(3,4)5)17-14(18-12)13-10(2)7-8-19-13/h7-9H,6H2,1-5H3,(H,16,17,18). The average molecular weight is 275 g/mol. The molecular weight excluding hydrogens is 254 g/mol. The second-order valence-electron chi connectivity index (χ2n) is 5.68. The number of aromatic nitrogens is 2. The van der Waals surface area contributed by atoms with Gasteiger partial charge in [-0.05, 0) is 30.9 Å². The van der Waals surface area contributed by atoms with Gasteiger partial charge in [-0.25, -0.2) is 9.97 Å². The number of thiophene rings is 1. The number of hydrogen-bond donors (Lipinski definition) is 1. The van der Waals surface area contributed by atoms with Crippen LogP contribution in [0.1, 0.15) is 39.0 Å². The topological polar surface area (TPSA) is 37.8 Å². The Hall–Kier alpha value is -1.42. The van der Waals surface area contributed by atoms with Crippen LogP contribution >= 0.6 is 11.3 Å². The third kappa shape index (κ3) is 3.13. The molecule has 19 heavy (non-hydrogen) atoms. The van der Waals surface area contributed by atoms with E-state index in [-0.39, 0.29) is 5.41 Å². The van der Waals surface area contributed by atoms with Crippen molar-refractivity contribution in [1.29, 1.82) is 0 Å². The third-order valence-electron chi connectivity index (χ3n) is 2.92. The predicted molar refractivity (Wildman–Crippen MR) is 82.9 cm³/mol. The van der Waals surface area contributed by atoms with Crippen LogP contribution in [0.3, 0.4) is 0 Å². The molecule has 2 rings (SSSR count). The highest BCUT2D eigenvalue weighted by Gasteiger charge is 2.19. The van der Waals surface area contributed by atoms with Crippen molar-refractivity contribution in [3.05, 3.63) is 28.8 Å². The van der Waals surface area contributed by atoms with Crippen LogP contribution in [0, 0.1) is 6.92 Å². The molecule has 0 atom stereocenters. The van der Waals surface area contributed by atoms with Crippen LogP contribution in [0.15, 0.2) is 17.5 Å². The van der Waals surface area contributed by atoms with Gasteiger partial charge in [-0.3, -0.25) is 0 Å². The van der Waals surface area contributed by atoms with Crippen molar-refractivity contribution in [3.63, 3.8) is 0 Å². The van der Waals surface area contributed by atoms with E-state index < -0.39 is 0 Å². The fraction of sp³-hybridized carbons (Fsp3) is 0.467. The number of rotatable bonds is 3. The minimum absolute atomic E-state index is 0.0209. The van der Waals surface area contributed by atoms with Gasteiger partial charge in [-0.2, -0.15) is 0 Å². The Morgan fingerprint density at radius 1 is 1.26 bits per heavy atom. The van der Waals surface area contributed by atoms with E-state index in [1.165, 1.54) is 5.56 Å². The summed E-state index contributed by atoms with van der Waals surface area (Å²) in [6.45, 7) is 11.6. The molecule has 0 bridgehead atoms. The lowest BCUT2D eigenvalue weighted by Gasteiger charge is -2.19. The van der Waals surface area contributed by atoms with E-state index in [4.69, 9.17) is 4.98 Å². The van der Waals surface area contributed by atoms with Gasteiger partial charge in [0.2, 0.25) is 0 Å². The van der Waals surface area contributed by atoms with Gasteiger partial charge in [-0.15, -0.1) is 11.3 Å². The number of nitrogens with one attached hydrogen (secondary N) is 1. The van der Waals surface area contributed by atoms with E-state index in [0.29, 0.717) is 0 Å². The van der Waals surface area contributed by atoms with Crippen LogP contribution < -0.4 is 5.32 Å². The monoisotopic (exact) mass is 275 g/mol. The molecule has 0 unspecified atom stereocenters. The third-order valence-corrected chi connectivity index (χ3v) is 3.93. The highest BCUT2D eigenvalue weighted by atomic mass is 32.1. The van der Waals surface area contributed by atoms with Crippen molar-refractivity contribution in [2.45, 2.75) is 40.0 Å². The van der Waals surface area contributed by atoms with E-state index in [1.807, 2.05) is 0 Å². The molecule has 0 aromatic carbocycles. The zero-order chi connectivity index (χ0) is 14.0. The maximum absolute atomic E-state index is 4.75. The maximum Gasteiger partial charge on any atom is 0.172 e. The first-order chi connectivity index (χ1) is 8.91. The summed E-state index contributed by atoms with van der Waals surface area (Å²) >= 11 is 1.70. The molecule has 4 heteroatoms. The van der Waals surface area contributed by atoms with Crippen LogP contribution in [0.4, 0.5) is 5.82 Å². The molecule has 3 nitrogen and oxygen atoms in total. The van der Waals surface area contributed by atoms with Gasteiger partial charge in [0.25, 0.3) is 0 Å². The molecule has 1 N–H and O–H groups in total. The Morgan fingerprint density at radius 2 is 2.00 bits per heavy atom. The van der Waals surface area contributed by atoms with Crippen molar-refractivity contribution in [3.8, 4) is 10.7 Å². The number of aryl methyl sites for hydroxylation is 1. The Labute approximate surface area is 119 Å². The van der Waals surface area contributed by atoms with Crippen molar-refractivity contribution in [2.24, 2.45) is 0 Å². The second-order valence-corrected chi connectivity index (χ2v) is 6.59. The van der Waals surface area contributed by atoms with Gasteiger partial charge in [0.05, 0.1) is 10.6 Å². The number of hydrogen-bond acceptors (Lipinski definition) is 4. The summed E-state index contributed by atoms with van der Waals surface area (Å²) in [5.74, 6) is 1.74. The molecule has 2 heterocycles. The Balaban J connectivity index is 2.55. The van der Waals surface area contributed by atoms with Crippen LogP contribution in [-0.2, 0) is 5.41 Å². The zero-order valence-corrected chi connectivity index (χ0v) is 13.1. The molecule has 102 valence electrons. The smallest absolute Gasteiger partial charge is 0.172 e. The Bertz CT molecular complexity index is 567. The molecule has 2 aromatic heterocycles. The molecule has 0 fully saturated rings. The van der Waals surface area contributed by atoms with Crippen molar-refractivity contribution in [1.82, 2.24) is 9.97 Å². The number of anilines is 1. The van der Waals surface area contributed by atoms with Gasteiger partial charge in [-0.1, -0.05) is 20.8 Å². The highest BCUT2D eigenvalue weighted by Crippen LogP contribution is 2.30. The zero-order valence-electron chi connectivity index (χ0n) is 12.2. The Morgan fingerprint density at radius 3 is 2.53 bits per heavy atom. The maximum atomic E-state index is 4.75. The van der Waals surface area contributed by atoms with Gasteiger partial charge < -0.3 is 5.32 Å². The quantitative estimate of drug-likeness (QED) is 0.910. The lowest BCUT2D eigenvalue weighted by atomic mass is 9.92. The first kappa shape index (κ1) is 14.0. The SMILES string of the molecule is CCNc1cc(C(C)(C)C)nc(-c2sccc2C)n1. The molecule has 0 aliphatic rings. The highest BCUT2D eigenvalue weighted by molar-refractivity contribution is 7.13. The van der Waals surface area contributed by atoms with Gasteiger partial charge in [0.1, 0.15) is 5.82 Å². The Kier molecular flexibility index (Phi) is 3.90. The molecule has 0 radical (unpaired) electrons. The van der Waals surface area contributed by atoms with Crippen LogP contribution in [0.5, 0.6) is 0 Å². The summed E-state index contributed by atoms with van der Waals surface area (Å²) in [5.41, 5.74) is 2.33. The first-order valence-electron chi connectivity index (χ1n) is 6.59. The number of nitrogens with zero attached hydrogens (tertiary/aromatic N) is 2. The van der Waals surface area contributed by atoms with Crippen molar-refractivity contribution >= 4 is 17.2 Å². The molecule has 0 aliphatic carbocycles.